The van der Waals surface area contributed by atoms with Gasteiger partial charge in [0.2, 0.25) is 5.91 Å². The van der Waals surface area contributed by atoms with E-state index in [-0.39, 0.29) is 24.2 Å². The minimum atomic E-state index is -0.945. The number of benzene rings is 2. The number of hydrogen-bond acceptors (Lipinski definition) is 3. The lowest BCUT2D eigenvalue weighted by atomic mass is 9.89. The van der Waals surface area contributed by atoms with Crippen LogP contribution in [0.1, 0.15) is 29.0 Å². The SMILES string of the molecule is O=C(O)[C@@H]1CN(C(=O)CCN2Cc3ccccc3C2)C[C@H]1c1cccc(F)c1. The van der Waals surface area contributed by atoms with Crippen molar-refractivity contribution < 1.29 is 19.1 Å². The van der Waals surface area contributed by atoms with Gasteiger partial charge in [-0.2, -0.15) is 0 Å². The van der Waals surface area contributed by atoms with E-state index in [9.17, 15) is 19.1 Å². The molecule has 0 radical (unpaired) electrons. The van der Waals surface area contributed by atoms with E-state index in [0.29, 0.717) is 25.1 Å². The van der Waals surface area contributed by atoms with Gasteiger partial charge in [-0.1, -0.05) is 36.4 Å². The fourth-order valence-corrected chi connectivity index (χ4v) is 4.31. The first kappa shape index (κ1) is 18.6. The molecule has 1 fully saturated rings. The maximum atomic E-state index is 13.6. The lowest BCUT2D eigenvalue weighted by Gasteiger charge is -2.19. The van der Waals surface area contributed by atoms with Crippen molar-refractivity contribution in [2.24, 2.45) is 5.92 Å². The van der Waals surface area contributed by atoms with Crippen molar-refractivity contribution in [3.8, 4) is 0 Å². The normalized spacial score (nSPS) is 21.7. The molecule has 146 valence electrons. The third-order valence-electron chi connectivity index (χ3n) is 5.81. The highest BCUT2D eigenvalue weighted by molar-refractivity contribution is 5.79. The number of aliphatic carboxylic acids is 1. The summed E-state index contributed by atoms with van der Waals surface area (Å²) in [5, 5.41) is 9.58. The van der Waals surface area contributed by atoms with E-state index in [1.165, 1.54) is 23.3 Å². The van der Waals surface area contributed by atoms with E-state index in [4.69, 9.17) is 0 Å². The van der Waals surface area contributed by atoms with Crippen LogP contribution in [0.15, 0.2) is 48.5 Å². The minimum absolute atomic E-state index is 0.0406. The predicted octanol–water partition coefficient (Wildman–Crippen LogP) is 2.86. The number of carboxylic acids is 1. The predicted molar refractivity (Wildman–Crippen MR) is 102 cm³/mol. The van der Waals surface area contributed by atoms with Gasteiger partial charge in [0.05, 0.1) is 5.92 Å². The largest absolute Gasteiger partial charge is 0.481 e. The Morgan fingerprint density at radius 1 is 1.04 bits per heavy atom. The Kier molecular flexibility index (Phi) is 5.13. The van der Waals surface area contributed by atoms with Gasteiger partial charge in [-0.05, 0) is 28.8 Å². The molecule has 1 amide bonds. The van der Waals surface area contributed by atoms with Crippen molar-refractivity contribution in [2.75, 3.05) is 19.6 Å². The van der Waals surface area contributed by atoms with Crippen molar-refractivity contribution >= 4 is 11.9 Å². The molecule has 1 saturated heterocycles. The van der Waals surface area contributed by atoms with Crippen molar-refractivity contribution in [1.29, 1.82) is 0 Å². The number of carboxylic acid groups (broad SMARTS) is 1. The summed E-state index contributed by atoms with van der Waals surface area (Å²) in [6.07, 6.45) is 0.357. The van der Waals surface area contributed by atoms with Crippen LogP contribution in [0.2, 0.25) is 0 Å². The zero-order valence-electron chi connectivity index (χ0n) is 15.6. The van der Waals surface area contributed by atoms with Crippen LogP contribution in [0.3, 0.4) is 0 Å². The standard InChI is InChI=1S/C22H23FN2O3/c23-18-7-3-6-15(10-18)19-13-25(14-20(19)22(27)28)21(26)8-9-24-11-16-4-1-2-5-17(16)12-24/h1-7,10,19-20H,8-9,11-14H2,(H,27,28)/t19-,20+/m0/s1. The van der Waals surface area contributed by atoms with Crippen LogP contribution in [0.4, 0.5) is 4.39 Å². The zero-order valence-corrected chi connectivity index (χ0v) is 15.6. The van der Waals surface area contributed by atoms with Gasteiger partial charge in [0.25, 0.3) is 0 Å². The summed E-state index contributed by atoms with van der Waals surface area (Å²) in [6, 6.07) is 14.3. The molecule has 6 heteroatoms. The maximum Gasteiger partial charge on any atom is 0.308 e. The van der Waals surface area contributed by atoms with Crippen molar-refractivity contribution in [1.82, 2.24) is 9.80 Å². The number of rotatable bonds is 5. The van der Waals surface area contributed by atoms with Crippen LogP contribution in [-0.4, -0.2) is 46.4 Å². The Bertz CT molecular complexity index is 876. The Hall–Kier alpha value is -2.73. The first-order chi connectivity index (χ1) is 13.5. The number of fused-ring (bicyclic) bond motifs is 1. The highest BCUT2D eigenvalue weighted by atomic mass is 19.1. The van der Waals surface area contributed by atoms with E-state index in [1.54, 1.807) is 17.0 Å². The molecular formula is C22H23FN2O3. The molecule has 1 N–H and O–H groups in total. The highest BCUT2D eigenvalue weighted by Gasteiger charge is 2.40. The quantitative estimate of drug-likeness (QED) is 0.864. The fourth-order valence-electron chi connectivity index (χ4n) is 4.31. The van der Waals surface area contributed by atoms with E-state index < -0.39 is 11.9 Å². The minimum Gasteiger partial charge on any atom is -0.481 e. The summed E-state index contributed by atoms with van der Waals surface area (Å²) < 4.78 is 13.6. The number of likely N-dealkylation sites (tertiary alicyclic amines) is 1. The number of carbonyl (C=O) groups excluding carboxylic acids is 1. The smallest absolute Gasteiger partial charge is 0.308 e. The molecule has 2 atom stereocenters. The van der Waals surface area contributed by atoms with Crippen LogP contribution >= 0.6 is 0 Å². The second-order valence-corrected chi connectivity index (χ2v) is 7.63. The molecule has 0 aromatic heterocycles. The van der Waals surface area contributed by atoms with Crippen molar-refractivity contribution in [3.63, 3.8) is 0 Å². The van der Waals surface area contributed by atoms with Crippen LogP contribution in [0, 0.1) is 11.7 Å². The molecule has 2 heterocycles. The molecule has 0 saturated carbocycles. The molecule has 0 aliphatic carbocycles. The summed E-state index contributed by atoms with van der Waals surface area (Å²) in [5.41, 5.74) is 3.24. The molecule has 2 aliphatic heterocycles. The maximum absolute atomic E-state index is 13.6. The summed E-state index contributed by atoms with van der Waals surface area (Å²) in [4.78, 5) is 28.3. The molecule has 0 bridgehead atoms. The van der Waals surface area contributed by atoms with Crippen LogP contribution in [0.25, 0.3) is 0 Å². The lowest BCUT2D eigenvalue weighted by Crippen LogP contribution is -2.32. The second-order valence-electron chi connectivity index (χ2n) is 7.63. The Morgan fingerprint density at radius 2 is 1.75 bits per heavy atom. The number of amides is 1. The molecule has 2 aromatic carbocycles. The molecule has 2 aromatic rings. The third kappa shape index (κ3) is 3.78. The van der Waals surface area contributed by atoms with E-state index in [0.717, 1.165) is 13.1 Å². The van der Waals surface area contributed by atoms with Gasteiger partial charge < -0.3 is 10.0 Å². The van der Waals surface area contributed by atoms with Gasteiger partial charge in [-0.25, -0.2) is 4.39 Å². The van der Waals surface area contributed by atoms with E-state index >= 15 is 0 Å². The number of carbonyl (C=O) groups is 2. The summed E-state index contributed by atoms with van der Waals surface area (Å²) in [6.45, 7) is 2.82. The molecule has 0 unspecified atom stereocenters. The van der Waals surface area contributed by atoms with Gasteiger partial charge in [-0.15, -0.1) is 0 Å². The molecule has 4 rings (SSSR count). The monoisotopic (exact) mass is 382 g/mol. The molecular weight excluding hydrogens is 359 g/mol. The number of nitrogens with zero attached hydrogens (tertiary/aromatic N) is 2. The fraction of sp³-hybridized carbons (Fsp3) is 0.364. The van der Waals surface area contributed by atoms with Gasteiger partial charge in [0.1, 0.15) is 5.82 Å². The molecule has 28 heavy (non-hydrogen) atoms. The zero-order chi connectivity index (χ0) is 19.7. The number of hydrogen-bond donors (Lipinski definition) is 1. The second kappa shape index (κ2) is 7.72. The van der Waals surface area contributed by atoms with E-state index in [1.807, 2.05) is 12.1 Å². The number of halogens is 1. The average molecular weight is 382 g/mol. The summed E-state index contributed by atoms with van der Waals surface area (Å²) >= 11 is 0. The van der Waals surface area contributed by atoms with Crippen molar-refractivity contribution in [3.05, 3.63) is 71.0 Å². The molecule has 5 nitrogen and oxygen atoms in total. The van der Waals surface area contributed by atoms with Gasteiger partial charge in [0, 0.05) is 45.1 Å². The van der Waals surface area contributed by atoms with Gasteiger partial charge in [0.15, 0.2) is 0 Å². The topological polar surface area (TPSA) is 60.9 Å². The lowest BCUT2D eigenvalue weighted by molar-refractivity contribution is -0.141. The Labute approximate surface area is 163 Å². The van der Waals surface area contributed by atoms with Crippen molar-refractivity contribution in [2.45, 2.75) is 25.4 Å². The van der Waals surface area contributed by atoms with Crippen LogP contribution in [0.5, 0.6) is 0 Å². The first-order valence-corrected chi connectivity index (χ1v) is 9.56. The van der Waals surface area contributed by atoms with E-state index in [2.05, 4.69) is 17.0 Å². The van der Waals surface area contributed by atoms with Crippen LogP contribution < -0.4 is 0 Å². The Balaban J connectivity index is 1.38. The summed E-state index contributed by atoms with van der Waals surface area (Å²) in [5.74, 6) is -2.46. The highest BCUT2D eigenvalue weighted by Crippen LogP contribution is 2.33. The average Bonchev–Trinajstić information content (AvgIpc) is 3.30. The van der Waals surface area contributed by atoms with Crippen LogP contribution in [-0.2, 0) is 22.7 Å². The molecule has 2 aliphatic rings. The Morgan fingerprint density at radius 3 is 2.39 bits per heavy atom. The third-order valence-corrected chi connectivity index (χ3v) is 5.81. The molecule has 0 spiro atoms. The first-order valence-electron chi connectivity index (χ1n) is 9.56. The van der Waals surface area contributed by atoms with Gasteiger partial charge in [-0.3, -0.25) is 14.5 Å². The van der Waals surface area contributed by atoms with Gasteiger partial charge >= 0.3 is 5.97 Å². The summed E-state index contributed by atoms with van der Waals surface area (Å²) in [7, 11) is 0.